The van der Waals surface area contributed by atoms with Crippen molar-refractivity contribution in [2.24, 2.45) is 0 Å². The lowest BCUT2D eigenvalue weighted by Crippen LogP contribution is -2.15. The molecule has 0 unspecified atom stereocenters. The van der Waals surface area contributed by atoms with Gasteiger partial charge in [-0.05, 0) is 145 Å². The SMILES string of the molecule is CC1(C)c2ccccc2-c2cc3c4cc(-c5ccc6ccccc6c5)ccc4n(-c4cc(-c5ccccc5)cc(-c5ccc6c(c5)c5ccccc5n6-c5ccccc5)c4)c3cc21. The van der Waals surface area contributed by atoms with Gasteiger partial charge in [-0.3, -0.25) is 0 Å². The monoisotopic (exact) mass is 802 g/mol. The molecule has 0 atom stereocenters. The van der Waals surface area contributed by atoms with Crippen LogP contribution in [-0.2, 0) is 5.41 Å². The van der Waals surface area contributed by atoms with Gasteiger partial charge in [-0.25, -0.2) is 0 Å². The van der Waals surface area contributed by atoms with Gasteiger partial charge in [-0.1, -0.05) is 153 Å². The van der Waals surface area contributed by atoms with Crippen LogP contribution in [0.3, 0.4) is 0 Å². The summed E-state index contributed by atoms with van der Waals surface area (Å²) in [5.74, 6) is 0. The highest BCUT2D eigenvalue weighted by Crippen LogP contribution is 2.51. The van der Waals surface area contributed by atoms with Gasteiger partial charge in [0.2, 0.25) is 0 Å². The van der Waals surface area contributed by atoms with Crippen molar-refractivity contribution in [3.63, 3.8) is 0 Å². The Kier molecular flexibility index (Phi) is 7.68. The van der Waals surface area contributed by atoms with Gasteiger partial charge in [0.25, 0.3) is 0 Å². The van der Waals surface area contributed by atoms with Crippen LogP contribution >= 0.6 is 0 Å². The van der Waals surface area contributed by atoms with Gasteiger partial charge in [0.05, 0.1) is 22.1 Å². The molecule has 0 fully saturated rings. The maximum absolute atomic E-state index is 2.53. The summed E-state index contributed by atoms with van der Waals surface area (Å²) in [7, 11) is 0. The van der Waals surface area contributed by atoms with Crippen LogP contribution in [0, 0.1) is 0 Å². The summed E-state index contributed by atoms with van der Waals surface area (Å²) in [5.41, 5.74) is 19.6. The van der Waals surface area contributed by atoms with E-state index in [2.05, 4.69) is 241 Å². The molecule has 1 aliphatic carbocycles. The molecule has 2 nitrogen and oxygen atoms in total. The molecule has 0 amide bonds. The number of hydrogen-bond acceptors (Lipinski definition) is 0. The zero-order valence-electron chi connectivity index (χ0n) is 35.2. The fraction of sp³-hybridized carbons (Fsp3) is 0.0492. The van der Waals surface area contributed by atoms with E-state index in [0.717, 1.165) is 11.4 Å². The van der Waals surface area contributed by atoms with E-state index in [1.807, 2.05) is 0 Å². The van der Waals surface area contributed by atoms with Crippen molar-refractivity contribution >= 4 is 54.4 Å². The van der Waals surface area contributed by atoms with Crippen LogP contribution in [0.2, 0.25) is 0 Å². The van der Waals surface area contributed by atoms with Crippen molar-refractivity contribution < 1.29 is 0 Å². The molecule has 0 spiro atoms. The lowest BCUT2D eigenvalue weighted by Gasteiger charge is -2.22. The van der Waals surface area contributed by atoms with E-state index in [-0.39, 0.29) is 5.41 Å². The summed E-state index contributed by atoms with van der Waals surface area (Å²) < 4.78 is 4.92. The molecule has 10 aromatic carbocycles. The quantitative estimate of drug-likeness (QED) is 0.164. The summed E-state index contributed by atoms with van der Waals surface area (Å²) in [6.45, 7) is 4.76. The van der Waals surface area contributed by atoms with E-state index in [1.54, 1.807) is 0 Å². The van der Waals surface area contributed by atoms with Gasteiger partial charge in [0.1, 0.15) is 0 Å². The Bertz CT molecular complexity index is 3810. The highest BCUT2D eigenvalue weighted by Gasteiger charge is 2.36. The Balaban J connectivity index is 1.08. The van der Waals surface area contributed by atoms with Crippen molar-refractivity contribution in [1.82, 2.24) is 9.13 Å². The van der Waals surface area contributed by atoms with Crippen molar-refractivity contribution in [2.75, 3.05) is 0 Å². The predicted molar refractivity (Wildman–Crippen MR) is 266 cm³/mol. The van der Waals surface area contributed by atoms with Crippen LogP contribution in [0.4, 0.5) is 0 Å². The van der Waals surface area contributed by atoms with Crippen LogP contribution in [0.25, 0.3) is 110 Å². The van der Waals surface area contributed by atoms with Gasteiger partial charge in [0, 0.05) is 38.3 Å². The number of para-hydroxylation sites is 2. The Morgan fingerprint density at radius 2 is 0.841 bits per heavy atom. The van der Waals surface area contributed by atoms with Crippen LogP contribution < -0.4 is 0 Å². The molecule has 2 heterocycles. The average molecular weight is 803 g/mol. The smallest absolute Gasteiger partial charge is 0.0544 e. The highest BCUT2D eigenvalue weighted by atomic mass is 15.0. The number of aromatic nitrogens is 2. The van der Waals surface area contributed by atoms with Crippen molar-refractivity contribution in [3.05, 3.63) is 230 Å². The number of nitrogens with zero attached hydrogens (tertiary/aromatic N) is 2. The van der Waals surface area contributed by atoms with Crippen molar-refractivity contribution in [3.8, 4) is 55.9 Å². The molecule has 0 aliphatic heterocycles. The zero-order valence-corrected chi connectivity index (χ0v) is 35.2. The molecule has 0 saturated heterocycles. The second-order valence-corrected chi connectivity index (χ2v) is 17.8. The molecule has 0 bridgehead atoms. The molecule has 13 rings (SSSR count). The van der Waals surface area contributed by atoms with E-state index in [0.29, 0.717) is 0 Å². The fourth-order valence-corrected chi connectivity index (χ4v) is 10.8. The van der Waals surface area contributed by atoms with E-state index in [4.69, 9.17) is 0 Å². The second-order valence-electron chi connectivity index (χ2n) is 17.8. The van der Waals surface area contributed by atoms with E-state index >= 15 is 0 Å². The first kappa shape index (κ1) is 35.8. The third-order valence-electron chi connectivity index (χ3n) is 13.9. The van der Waals surface area contributed by atoms with Crippen LogP contribution in [0.5, 0.6) is 0 Å². The minimum Gasteiger partial charge on any atom is -0.309 e. The molecule has 12 aromatic rings. The largest absolute Gasteiger partial charge is 0.309 e. The summed E-state index contributed by atoms with van der Waals surface area (Å²) in [6, 6.07) is 81.1. The van der Waals surface area contributed by atoms with Gasteiger partial charge >= 0.3 is 0 Å². The van der Waals surface area contributed by atoms with Gasteiger partial charge in [0.15, 0.2) is 0 Å². The Labute approximate surface area is 366 Å². The van der Waals surface area contributed by atoms with Crippen LogP contribution in [-0.4, -0.2) is 9.13 Å². The fourth-order valence-electron chi connectivity index (χ4n) is 10.8. The average Bonchev–Trinajstić information content (AvgIpc) is 3.93. The first-order chi connectivity index (χ1) is 31.0. The maximum Gasteiger partial charge on any atom is 0.0544 e. The molecular weight excluding hydrogens is 761 g/mol. The molecule has 1 aliphatic rings. The molecule has 2 heteroatoms. The Morgan fingerprint density at radius 1 is 0.286 bits per heavy atom. The first-order valence-corrected chi connectivity index (χ1v) is 22.0. The van der Waals surface area contributed by atoms with E-state index in [1.165, 1.54) is 110 Å². The van der Waals surface area contributed by atoms with Gasteiger partial charge in [-0.2, -0.15) is 0 Å². The van der Waals surface area contributed by atoms with Gasteiger partial charge < -0.3 is 9.13 Å². The molecule has 0 N–H and O–H groups in total. The minimum atomic E-state index is -0.136. The molecule has 0 radical (unpaired) electrons. The Morgan fingerprint density at radius 3 is 1.63 bits per heavy atom. The van der Waals surface area contributed by atoms with Gasteiger partial charge in [-0.15, -0.1) is 0 Å². The van der Waals surface area contributed by atoms with Crippen molar-refractivity contribution in [1.29, 1.82) is 0 Å². The number of fused-ring (bicyclic) bond motifs is 10. The normalized spacial score (nSPS) is 13.0. The zero-order chi connectivity index (χ0) is 41.8. The summed E-state index contributed by atoms with van der Waals surface area (Å²) in [4.78, 5) is 0. The standard InChI is InChI=1S/C61H42N2/c1-61(2)55-23-13-11-21-49(55)51-37-54-53-35-43(42-26-25-40-17-9-10-18-41(40)31-42)27-29-59(53)63(60(54)38-56(51)61)48-33-45(39-15-5-3-6-16-39)32-46(34-48)44-28-30-58-52(36-44)50-22-12-14-24-57(50)62(58)47-19-7-4-8-20-47/h3-38H,1-2H3. The lowest BCUT2D eigenvalue weighted by atomic mass is 9.82. The number of hydrogen-bond donors (Lipinski definition) is 0. The summed E-state index contributed by atoms with van der Waals surface area (Å²) >= 11 is 0. The lowest BCUT2D eigenvalue weighted by molar-refractivity contribution is 0.661. The molecule has 2 aromatic heterocycles. The molecule has 63 heavy (non-hydrogen) atoms. The third-order valence-corrected chi connectivity index (χ3v) is 13.9. The second kappa shape index (κ2) is 13.5. The third kappa shape index (κ3) is 5.44. The van der Waals surface area contributed by atoms with E-state index in [9.17, 15) is 0 Å². The van der Waals surface area contributed by atoms with Crippen molar-refractivity contribution in [2.45, 2.75) is 19.3 Å². The Hall–Kier alpha value is -7.94. The number of benzene rings is 10. The maximum atomic E-state index is 2.53. The molecule has 0 saturated carbocycles. The summed E-state index contributed by atoms with van der Waals surface area (Å²) in [6.07, 6.45) is 0. The first-order valence-electron chi connectivity index (χ1n) is 22.0. The van der Waals surface area contributed by atoms with E-state index < -0.39 is 0 Å². The topological polar surface area (TPSA) is 9.86 Å². The highest BCUT2D eigenvalue weighted by molar-refractivity contribution is 6.14. The molecule has 296 valence electrons. The van der Waals surface area contributed by atoms with Crippen LogP contribution in [0.15, 0.2) is 218 Å². The number of rotatable bonds is 5. The summed E-state index contributed by atoms with van der Waals surface area (Å²) in [5, 5.41) is 7.52. The van der Waals surface area contributed by atoms with Crippen LogP contribution in [0.1, 0.15) is 25.0 Å². The minimum absolute atomic E-state index is 0.136. The predicted octanol–water partition coefficient (Wildman–Crippen LogP) is 16.3. The molecular formula is C61H42N2.